The summed E-state index contributed by atoms with van der Waals surface area (Å²) in [4.78, 5) is 30.1. The highest BCUT2D eigenvalue weighted by Gasteiger charge is 2.33. The first-order valence-corrected chi connectivity index (χ1v) is 15.5. The molecule has 0 saturated carbocycles. The Morgan fingerprint density at radius 3 is 2.13 bits per heavy atom. The molecule has 1 saturated heterocycles. The Kier molecular flexibility index (Phi) is 12.0. The number of ether oxygens (including phenoxy) is 1. The molecule has 0 aromatic heterocycles. The Hall–Kier alpha value is -2.75. The van der Waals surface area contributed by atoms with Crippen molar-refractivity contribution in [1.82, 2.24) is 14.1 Å². The largest absolute Gasteiger partial charge is 0.367 e. The van der Waals surface area contributed by atoms with Crippen molar-refractivity contribution in [2.75, 3.05) is 38.5 Å². The Bertz CT molecular complexity index is 1130. The van der Waals surface area contributed by atoms with Crippen LogP contribution in [0.5, 0.6) is 0 Å². The summed E-state index contributed by atoms with van der Waals surface area (Å²) in [6.07, 6.45) is 1.77. The molecule has 1 aliphatic rings. The van der Waals surface area contributed by atoms with Gasteiger partial charge in [-0.2, -0.15) is 4.31 Å². The standard InChI is InChI=1S/C30H43N3O5S/c1-4-19-39(36,37)32(20-25(2)3)22-29(34)33(21-26-11-7-5-8-12-26)28-15-17-31(18-16-28)30(35)24-38-23-27-13-9-6-10-14-27/h5-14,25,28H,4,15-24H2,1-3H3. The Morgan fingerprint density at radius 1 is 0.974 bits per heavy atom. The van der Waals surface area contributed by atoms with Gasteiger partial charge in [0.05, 0.1) is 18.9 Å². The van der Waals surface area contributed by atoms with Gasteiger partial charge in [-0.25, -0.2) is 8.42 Å². The van der Waals surface area contributed by atoms with E-state index in [1.54, 1.807) is 4.90 Å². The van der Waals surface area contributed by atoms with Crippen molar-refractivity contribution in [3.05, 3.63) is 71.8 Å². The fourth-order valence-corrected chi connectivity index (χ4v) is 6.47. The van der Waals surface area contributed by atoms with E-state index in [1.165, 1.54) is 4.31 Å². The second kappa shape index (κ2) is 15.1. The van der Waals surface area contributed by atoms with Crippen molar-refractivity contribution in [1.29, 1.82) is 0 Å². The minimum Gasteiger partial charge on any atom is -0.367 e. The first-order valence-electron chi connectivity index (χ1n) is 13.9. The van der Waals surface area contributed by atoms with Gasteiger partial charge in [-0.15, -0.1) is 0 Å². The molecule has 0 bridgehead atoms. The maximum Gasteiger partial charge on any atom is 0.248 e. The zero-order valence-electron chi connectivity index (χ0n) is 23.5. The Morgan fingerprint density at radius 2 is 1.56 bits per heavy atom. The van der Waals surface area contributed by atoms with E-state index in [0.717, 1.165) is 11.1 Å². The first-order chi connectivity index (χ1) is 18.7. The number of likely N-dealkylation sites (tertiary alicyclic amines) is 1. The summed E-state index contributed by atoms with van der Waals surface area (Å²) in [5, 5.41) is 0. The smallest absolute Gasteiger partial charge is 0.248 e. The van der Waals surface area contributed by atoms with Gasteiger partial charge in [-0.1, -0.05) is 81.4 Å². The number of benzene rings is 2. The molecule has 0 N–H and O–H groups in total. The van der Waals surface area contributed by atoms with E-state index in [1.807, 2.05) is 86.3 Å². The molecular weight excluding hydrogens is 514 g/mol. The topological polar surface area (TPSA) is 87.2 Å². The monoisotopic (exact) mass is 557 g/mol. The average Bonchev–Trinajstić information content (AvgIpc) is 2.92. The quantitative estimate of drug-likeness (QED) is 0.351. The normalized spacial score (nSPS) is 14.6. The number of nitrogens with zero attached hydrogens (tertiary/aromatic N) is 3. The van der Waals surface area contributed by atoms with Crippen molar-refractivity contribution in [2.45, 2.75) is 59.2 Å². The lowest BCUT2D eigenvalue weighted by atomic mass is 10.0. The van der Waals surface area contributed by atoms with Crippen LogP contribution in [0.4, 0.5) is 0 Å². The number of hydrogen-bond acceptors (Lipinski definition) is 5. The predicted octanol–water partition coefficient (Wildman–Crippen LogP) is 3.92. The second-order valence-electron chi connectivity index (χ2n) is 10.6. The summed E-state index contributed by atoms with van der Waals surface area (Å²) in [7, 11) is -3.53. The number of rotatable bonds is 14. The predicted molar refractivity (Wildman–Crippen MR) is 153 cm³/mol. The first kappa shape index (κ1) is 30.8. The van der Waals surface area contributed by atoms with Crippen LogP contribution in [0.1, 0.15) is 51.2 Å². The molecule has 2 aromatic carbocycles. The summed E-state index contributed by atoms with van der Waals surface area (Å²) in [6.45, 7) is 7.75. The molecule has 1 aliphatic heterocycles. The molecule has 0 unspecified atom stereocenters. The van der Waals surface area contributed by atoms with Gasteiger partial charge in [0, 0.05) is 32.2 Å². The van der Waals surface area contributed by atoms with Gasteiger partial charge >= 0.3 is 0 Å². The molecule has 9 heteroatoms. The third-order valence-electron chi connectivity index (χ3n) is 6.85. The molecule has 8 nitrogen and oxygen atoms in total. The molecular formula is C30H43N3O5S. The molecule has 0 radical (unpaired) electrons. The Labute approximate surface area is 234 Å². The summed E-state index contributed by atoms with van der Waals surface area (Å²) >= 11 is 0. The summed E-state index contributed by atoms with van der Waals surface area (Å²) in [5.41, 5.74) is 2.01. The Balaban J connectivity index is 1.65. The SMILES string of the molecule is CCCS(=O)(=O)N(CC(=O)N(Cc1ccccc1)C1CCN(C(=O)COCc2ccccc2)CC1)CC(C)C. The summed E-state index contributed by atoms with van der Waals surface area (Å²) in [5.74, 6) is -0.127. The highest BCUT2D eigenvalue weighted by atomic mass is 32.2. The van der Waals surface area contributed by atoms with Crippen molar-refractivity contribution in [3.63, 3.8) is 0 Å². The van der Waals surface area contributed by atoms with E-state index in [2.05, 4.69) is 0 Å². The van der Waals surface area contributed by atoms with Gasteiger partial charge in [0.2, 0.25) is 21.8 Å². The molecule has 3 rings (SSSR count). The van der Waals surface area contributed by atoms with Crippen molar-refractivity contribution in [2.24, 2.45) is 5.92 Å². The van der Waals surface area contributed by atoms with Crippen LogP contribution in [0.2, 0.25) is 0 Å². The van der Waals surface area contributed by atoms with E-state index in [9.17, 15) is 18.0 Å². The van der Waals surface area contributed by atoms with E-state index in [4.69, 9.17) is 4.74 Å². The van der Waals surface area contributed by atoms with Gasteiger partial charge in [0.15, 0.2) is 0 Å². The number of amides is 2. The number of carbonyl (C=O) groups excluding carboxylic acids is 2. The van der Waals surface area contributed by atoms with Crippen molar-refractivity contribution < 1.29 is 22.7 Å². The molecule has 39 heavy (non-hydrogen) atoms. The van der Waals surface area contributed by atoms with E-state index < -0.39 is 10.0 Å². The maximum atomic E-state index is 13.7. The molecule has 0 atom stereocenters. The lowest BCUT2D eigenvalue weighted by Gasteiger charge is -2.39. The van der Waals surface area contributed by atoms with Crippen LogP contribution in [-0.2, 0) is 37.5 Å². The van der Waals surface area contributed by atoms with Gasteiger partial charge in [0.25, 0.3) is 0 Å². The molecule has 1 heterocycles. The van der Waals surface area contributed by atoms with Crippen molar-refractivity contribution >= 4 is 21.8 Å². The molecule has 214 valence electrons. The van der Waals surface area contributed by atoms with Crippen LogP contribution >= 0.6 is 0 Å². The van der Waals surface area contributed by atoms with Crippen LogP contribution in [0.25, 0.3) is 0 Å². The van der Waals surface area contributed by atoms with Gasteiger partial charge in [-0.3, -0.25) is 9.59 Å². The molecule has 2 aromatic rings. The van der Waals surface area contributed by atoms with Crippen LogP contribution in [0.3, 0.4) is 0 Å². The fraction of sp³-hybridized carbons (Fsp3) is 0.533. The maximum absolute atomic E-state index is 13.7. The second-order valence-corrected chi connectivity index (χ2v) is 12.7. The number of piperidine rings is 1. The van der Waals surface area contributed by atoms with Crippen LogP contribution < -0.4 is 0 Å². The third kappa shape index (κ3) is 9.74. The van der Waals surface area contributed by atoms with Gasteiger partial charge in [-0.05, 0) is 36.3 Å². The number of sulfonamides is 1. The summed E-state index contributed by atoms with van der Waals surface area (Å²) < 4.78 is 32.9. The van der Waals surface area contributed by atoms with Crippen LogP contribution in [-0.4, -0.2) is 78.9 Å². The van der Waals surface area contributed by atoms with Crippen LogP contribution in [0, 0.1) is 5.92 Å². The number of carbonyl (C=O) groups is 2. The third-order valence-corrected chi connectivity index (χ3v) is 8.84. The molecule has 2 amide bonds. The zero-order valence-corrected chi connectivity index (χ0v) is 24.3. The fourth-order valence-electron chi connectivity index (χ4n) is 4.86. The molecule has 0 spiro atoms. The van der Waals surface area contributed by atoms with Gasteiger partial charge in [0.1, 0.15) is 6.61 Å². The molecule has 0 aliphatic carbocycles. The highest BCUT2D eigenvalue weighted by Crippen LogP contribution is 2.21. The minimum absolute atomic E-state index is 0.0195. The lowest BCUT2D eigenvalue weighted by Crippen LogP contribution is -2.52. The minimum atomic E-state index is -3.53. The average molecular weight is 558 g/mol. The number of hydrogen-bond donors (Lipinski definition) is 0. The summed E-state index contributed by atoms with van der Waals surface area (Å²) in [6, 6.07) is 19.4. The van der Waals surface area contributed by atoms with Crippen LogP contribution in [0.15, 0.2) is 60.7 Å². The van der Waals surface area contributed by atoms with E-state index in [0.29, 0.717) is 52.0 Å². The van der Waals surface area contributed by atoms with Crippen molar-refractivity contribution in [3.8, 4) is 0 Å². The lowest BCUT2D eigenvalue weighted by molar-refractivity contribution is -0.140. The van der Waals surface area contributed by atoms with E-state index >= 15 is 0 Å². The van der Waals surface area contributed by atoms with Gasteiger partial charge < -0.3 is 14.5 Å². The van der Waals surface area contributed by atoms with E-state index in [-0.39, 0.29) is 42.7 Å². The highest BCUT2D eigenvalue weighted by molar-refractivity contribution is 7.89. The molecule has 1 fully saturated rings. The zero-order chi connectivity index (χ0) is 28.3.